The number of ether oxygens (including phenoxy) is 1. The van der Waals surface area contributed by atoms with Crippen LogP contribution in [0.3, 0.4) is 0 Å². The van der Waals surface area contributed by atoms with Crippen LogP contribution in [0.2, 0.25) is 0 Å². The van der Waals surface area contributed by atoms with E-state index in [0.717, 1.165) is 16.9 Å². The number of anilines is 1. The van der Waals surface area contributed by atoms with Crippen molar-refractivity contribution in [3.05, 3.63) is 59.4 Å². The van der Waals surface area contributed by atoms with E-state index in [1.165, 1.54) is 7.11 Å². The Kier molecular flexibility index (Phi) is 4.13. The third-order valence-corrected chi connectivity index (χ3v) is 2.78. The highest BCUT2D eigenvalue weighted by atomic mass is 16.5. The van der Waals surface area contributed by atoms with E-state index in [1.54, 1.807) is 12.1 Å². The molecule has 0 aliphatic carbocycles. The van der Waals surface area contributed by atoms with Gasteiger partial charge in [-0.3, -0.25) is 4.98 Å². The van der Waals surface area contributed by atoms with E-state index in [0.29, 0.717) is 12.1 Å². The van der Waals surface area contributed by atoms with Crippen molar-refractivity contribution in [1.82, 2.24) is 4.98 Å². The van der Waals surface area contributed by atoms with Gasteiger partial charge in [-0.05, 0) is 42.8 Å². The lowest BCUT2D eigenvalue weighted by molar-refractivity contribution is 0.0601. The number of benzene rings is 1. The molecule has 0 bridgehead atoms. The van der Waals surface area contributed by atoms with Crippen molar-refractivity contribution in [2.45, 2.75) is 13.5 Å². The molecule has 2 aromatic rings. The number of hydrogen-bond acceptors (Lipinski definition) is 4. The summed E-state index contributed by atoms with van der Waals surface area (Å²) in [6.45, 7) is 2.66. The first kappa shape index (κ1) is 13.1. The molecule has 0 radical (unpaired) electrons. The summed E-state index contributed by atoms with van der Waals surface area (Å²) >= 11 is 0. The summed E-state index contributed by atoms with van der Waals surface area (Å²) in [5.41, 5.74) is 3.62. The van der Waals surface area contributed by atoms with E-state index in [2.05, 4.69) is 15.0 Å². The summed E-state index contributed by atoms with van der Waals surface area (Å²) in [7, 11) is 1.37. The van der Waals surface area contributed by atoms with E-state index >= 15 is 0 Å². The summed E-state index contributed by atoms with van der Waals surface area (Å²) in [5.74, 6) is -0.325. The number of methoxy groups -OCH3 is 1. The molecule has 0 unspecified atom stereocenters. The van der Waals surface area contributed by atoms with Gasteiger partial charge in [0.2, 0.25) is 0 Å². The predicted molar refractivity (Wildman–Crippen MR) is 74.1 cm³/mol. The molecule has 1 aromatic heterocycles. The molecule has 98 valence electrons. The van der Waals surface area contributed by atoms with Crippen molar-refractivity contribution in [2.75, 3.05) is 12.4 Å². The van der Waals surface area contributed by atoms with Crippen molar-refractivity contribution < 1.29 is 9.53 Å². The van der Waals surface area contributed by atoms with Crippen LogP contribution in [-0.2, 0) is 11.3 Å². The van der Waals surface area contributed by atoms with Crippen LogP contribution >= 0.6 is 0 Å². The monoisotopic (exact) mass is 256 g/mol. The Morgan fingerprint density at radius 3 is 2.53 bits per heavy atom. The number of hydrogen-bond donors (Lipinski definition) is 1. The van der Waals surface area contributed by atoms with Crippen molar-refractivity contribution >= 4 is 11.7 Å². The summed E-state index contributed by atoms with van der Waals surface area (Å²) in [4.78, 5) is 15.5. The minimum atomic E-state index is -0.325. The van der Waals surface area contributed by atoms with Crippen molar-refractivity contribution in [2.24, 2.45) is 0 Å². The van der Waals surface area contributed by atoms with Gasteiger partial charge in [0.05, 0.1) is 12.7 Å². The molecule has 4 nitrogen and oxygen atoms in total. The first-order chi connectivity index (χ1) is 9.19. The molecule has 0 aliphatic rings. The minimum Gasteiger partial charge on any atom is -0.465 e. The summed E-state index contributed by atoms with van der Waals surface area (Å²) in [6, 6.07) is 11.2. The third kappa shape index (κ3) is 3.55. The first-order valence-electron chi connectivity index (χ1n) is 6.03. The average Bonchev–Trinajstić information content (AvgIpc) is 2.46. The van der Waals surface area contributed by atoms with Crippen LogP contribution in [0.1, 0.15) is 21.6 Å². The topological polar surface area (TPSA) is 51.2 Å². The van der Waals surface area contributed by atoms with Crippen LogP contribution in [0.25, 0.3) is 0 Å². The molecule has 0 saturated carbocycles. The second-order valence-electron chi connectivity index (χ2n) is 4.23. The van der Waals surface area contributed by atoms with Gasteiger partial charge in [-0.1, -0.05) is 6.07 Å². The molecule has 0 amide bonds. The smallest absolute Gasteiger partial charge is 0.337 e. The molecule has 1 aromatic carbocycles. The zero-order chi connectivity index (χ0) is 13.7. The number of nitrogens with one attached hydrogen (secondary N) is 1. The van der Waals surface area contributed by atoms with Crippen LogP contribution in [-0.4, -0.2) is 18.1 Å². The van der Waals surface area contributed by atoms with Gasteiger partial charge in [0.1, 0.15) is 0 Å². The second kappa shape index (κ2) is 6.00. The van der Waals surface area contributed by atoms with E-state index in [-0.39, 0.29) is 5.97 Å². The fourth-order valence-corrected chi connectivity index (χ4v) is 1.65. The maximum Gasteiger partial charge on any atom is 0.337 e. The Bertz CT molecular complexity index is 547. The van der Waals surface area contributed by atoms with Gasteiger partial charge < -0.3 is 10.1 Å². The van der Waals surface area contributed by atoms with Crippen molar-refractivity contribution in [3.8, 4) is 0 Å². The van der Waals surface area contributed by atoms with Crippen LogP contribution in [0, 0.1) is 6.92 Å². The fraction of sp³-hybridized carbons (Fsp3) is 0.200. The first-order valence-corrected chi connectivity index (χ1v) is 6.03. The molecule has 0 fully saturated rings. The number of nitrogens with zero attached hydrogens (tertiary/aromatic N) is 1. The van der Waals surface area contributed by atoms with Gasteiger partial charge >= 0.3 is 5.97 Å². The number of carbonyl (C=O) groups excluding carboxylic acids is 1. The molecule has 4 heteroatoms. The molecule has 0 spiro atoms. The van der Waals surface area contributed by atoms with E-state index in [4.69, 9.17) is 0 Å². The molecular weight excluding hydrogens is 240 g/mol. The minimum absolute atomic E-state index is 0.325. The Morgan fingerprint density at radius 1 is 1.21 bits per heavy atom. The number of pyridine rings is 1. The predicted octanol–water partition coefficient (Wildman–Crippen LogP) is 2.79. The molecule has 1 heterocycles. The van der Waals surface area contributed by atoms with Crippen LogP contribution in [0.5, 0.6) is 0 Å². The van der Waals surface area contributed by atoms with Gasteiger partial charge in [0.15, 0.2) is 0 Å². The van der Waals surface area contributed by atoms with Gasteiger partial charge in [0, 0.05) is 24.1 Å². The van der Waals surface area contributed by atoms with Gasteiger partial charge in [0.25, 0.3) is 0 Å². The Balaban J connectivity index is 1.96. The van der Waals surface area contributed by atoms with Gasteiger partial charge in [-0.25, -0.2) is 4.79 Å². The molecule has 1 N–H and O–H groups in total. The highest BCUT2D eigenvalue weighted by Crippen LogP contribution is 2.11. The maximum absolute atomic E-state index is 11.3. The normalized spacial score (nSPS) is 10.0. The largest absolute Gasteiger partial charge is 0.465 e. The molecule has 0 aliphatic heterocycles. The SMILES string of the molecule is COC(=O)c1ccc(NCc2ccc(C)nc2)cc1. The molecule has 0 saturated heterocycles. The summed E-state index contributed by atoms with van der Waals surface area (Å²) in [5, 5.41) is 3.27. The fourth-order valence-electron chi connectivity index (χ4n) is 1.65. The number of aryl methyl sites for hydroxylation is 1. The lowest BCUT2D eigenvalue weighted by Gasteiger charge is -2.07. The Morgan fingerprint density at radius 2 is 1.95 bits per heavy atom. The summed E-state index contributed by atoms with van der Waals surface area (Å²) in [6.07, 6.45) is 1.85. The molecular formula is C15H16N2O2. The van der Waals surface area contributed by atoms with Crippen LogP contribution < -0.4 is 5.32 Å². The Hall–Kier alpha value is -2.36. The lowest BCUT2D eigenvalue weighted by atomic mass is 10.2. The van der Waals surface area contributed by atoms with E-state index < -0.39 is 0 Å². The number of carbonyl (C=O) groups is 1. The third-order valence-electron chi connectivity index (χ3n) is 2.78. The molecule has 2 rings (SSSR count). The maximum atomic E-state index is 11.3. The highest BCUT2D eigenvalue weighted by Gasteiger charge is 2.03. The van der Waals surface area contributed by atoms with Gasteiger partial charge in [-0.15, -0.1) is 0 Å². The number of esters is 1. The average molecular weight is 256 g/mol. The van der Waals surface area contributed by atoms with Crippen molar-refractivity contribution in [1.29, 1.82) is 0 Å². The van der Waals surface area contributed by atoms with Crippen molar-refractivity contribution in [3.63, 3.8) is 0 Å². The lowest BCUT2D eigenvalue weighted by Crippen LogP contribution is -2.03. The van der Waals surface area contributed by atoms with Crippen LogP contribution in [0.4, 0.5) is 5.69 Å². The second-order valence-corrected chi connectivity index (χ2v) is 4.23. The zero-order valence-corrected chi connectivity index (χ0v) is 11.0. The summed E-state index contributed by atoms with van der Waals surface area (Å²) < 4.78 is 4.65. The zero-order valence-electron chi connectivity index (χ0n) is 11.0. The van der Waals surface area contributed by atoms with E-state index in [1.807, 2.05) is 37.4 Å². The molecule has 19 heavy (non-hydrogen) atoms. The van der Waals surface area contributed by atoms with E-state index in [9.17, 15) is 4.79 Å². The Labute approximate surface area is 112 Å². The molecule has 0 atom stereocenters. The quantitative estimate of drug-likeness (QED) is 0.855. The highest BCUT2D eigenvalue weighted by molar-refractivity contribution is 5.89. The van der Waals surface area contributed by atoms with Gasteiger partial charge in [-0.2, -0.15) is 0 Å². The number of aromatic nitrogens is 1. The number of rotatable bonds is 4. The standard InChI is InChI=1S/C15H16N2O2/c1-11-3-4-12(9-16-11)10-17-14-7-5-13(6-8-14)15(18)19-2/h3-9,17H,10H2,1-2H3. The van der Waals surface area contributed by atoms with Crippen LogP contribution in [0.15, 0.2) is 42.6 Å².